The van der Waals surface area contributed by atoms with Crippen LogP contribution in [0.2, 0.25) is 0 Å². The van der Waals surface area contributed by atoms with Crippen LogP contribution in [0.3, 0.4) is 0 Å². The molecule has 19 heavy (non-hydrogen) atoms. The van der Waals surface area contributed by atoms with Crippen LogP contribution in [0.15, 0.2) is 24.3 Å². The van der Waals surface area contributed by atoms with Gasteiger partial charge in [0.1, 0.15) is 0 Å². The zero-order valence-electron chi connectivity index (χ0n) is 12.1. The summed E-state index contributed by atoms with van der Waals surface area (Å²) >= 11 is 2.09. The zero-order valence-corrected chi connectivity index (χ0v) is 12.9. The Balaban J connectivity index is 1.84. The average molecular weight is 277 g/mol. The molecule has 2 N–H and O–H groups in total. The summed E-state index contributed by atoms with van der Waals surface area (Å²) in [6.07, 6.45) is 9.42. The lowest BCUT2D eigenvalue weighted by Crippen LogP contribution is -2.17. The molecule has 0 spiro atoms. The van der Waals surface area contributed by atoms with Crippen molar-refractivity contribution in [1.82, 2.24) is 0 Å². The molecule has 1 unspecified atom stereocenters. The third kappa shape index (κ3) is 4.85. The molecule has 0 amide bonds. The minimum absolute atomic E-state index is 0.198. The molecule has 1 aliphatic rings. The number of nitrogens with two attached hydrogens (primary N) is 1. The van der Waals surface area contributed by atoms with E-state index in [4.69, 9.17) is 5.73 Å². The van der Waals surface area contributed by atoms with Crippen LogP contribution < -0.4 is 5.73 Å². The molecule has 1 aromatic rings. The van der Waals surface area contributed by atoms with E-state index < -0.39 is 0 Å². The monoisotopic (exact) mass is 277 g/mol. The quantitative estimate of drug-likeness (QED) is 0.815. The fraction of sp³-hybridized carbons (Fsp3) is 0.647. The number of rotatable bonds is 6. The maximum atomic E-state index is 6.36. The van der Waals surface area contributed by atoms with Crippen LogP contribution in [0.4, 0.5) is 0 Å². The Bertz CT molecular complexity index is 371. The lowest BCUT2D eigenvalue weighted by Gasteiger charge is -2.22. The Morgan fingerprint density at radius 3 is 2.79 bits per heavy atom. The molecule has 1 aromatic carbocycles. The van der Waals surface area contributed by atoms with Gasteiger partial charge in [-0.3, -0.25) is 0 Å². The molecule has 1 fully saturated rings. The second kappa shape index (κ2) is 7.96. The largest absolute Gasteiger partial charge is 0.323 e. The molecule has 2 heteroatoms. The predicted molar refractivity (Wildman–Crippen MR) is 86.7 cm³/mol. The smallest absolute Gasteiger partial charge is 0.0386 e. The first-order valence-corrected chi connectivity index (χ1v) is 8.80. The van der Waals surface area contributed by atoms with Gasteiger partial charge in [-0.25, -0.2) is 0 Å². The normalized spacial score (nSPS) is 18.4. The van der Waals surface area contributed by atoms with E-state index in [2.05, 4.69) is 43.0 Å². The third-order valence-electron chi connectivity index (χ3n) is 3.98. The minimum Gasteiger partial charge on any atom is -0.323 e. The lowest BCUT2D eigenvalue weighted by molar-refractivity contribution is 0.515. The topological polar surface area (TPSA) is 26.0 Å². The van der Waals surface area contributed by atoms with Gasteiger partial charge in [-0.05, 0) is 30.4 Å². The van der Waals surface area contributed by atoms with Gasteiger partial charge in [0.15, 0.2) is 0 Å². The van der Waals surface area contributed by atoms with Crippen LogP contribution in [0.25, 0.3) is 0 Å². The molecule has 0 heterocycles. The summed E-state index contributed by atoms with van der Waals surface area (Å²) in [6, 6.07) is 9.06. The van der Waals surface area contributed by atoms with E-state index in [0.29, 0.717) is 0 Å². The van der Waals surface area contributed by atoms with Crippen molar-refractivity contribution in [1.29, 1.82) is 0 Å². The van der Waals surface area contributed by atoms with Crippen LogP contribution in [0, 0.1) is 0 Å². The second-order valence-corrected chi connectivity index (χ2v) is 7.03. The van der Waals surface area contributed by atoms with E-state index >= 15 is 0 Å². The average Bonchev–Trinajstić information content (AvgIpc) is 2.46. The molecular formula is C17H27NS. The van der Waals surface area contributed by atoms with Gasteiger partial charge in [-0.1, -0.05) is 56.9 Å². The summed E-state index contributed by atoms with van der Waals surface area (Å²) in [5.74, 6) is 1.07. The van der Waals surface area contributed by atoms with E-state index in [0.717, 1.165) is 17.4 Å². The van der Waals surface area contributed by atoms with Gasteiger partial charge < -0.3 is 5.73 Å². The fourth-order valence-electron chi connectivity index (χ4n) is 2.84. The Morgan fingerprint density at radius 1 is 1.26 bits per heavy atom. The highest BCUT2D eigenvalue weighted by Gasteiger charge is 2.15. The lowest BCUT2D eigenvalue weighted by atomic mass is 10.0. The summed E-state index contributed by atoms with van der Waals surface area (Å²) in [5.41, 5.74) is 9.10. The van der Waals surface area contributed by atoms with Gasteiger partial charge in [0.05, 0.1) is 0 Å². The predicted octanol–water partition coefficient (Wildman–Crippen LogP) is 4.70. The number of hydrogen-bond acceptors (Lipinski definition) is 2. The maximum absolute atomic E-state index is 6.36. The molecular weight excluding hydrogens is 250 g/mol. The van der Waals surface area contributed by atoms with Gasteiger partial charge in [0.25, 0.3) is 0 Å². The first kappa shape index (κ1) is 14.9. The number of aryl methyl sites for hydroxylation is 1. The van der Waals surface area contributed by atoms with Crippen LogP contribution >= 0.6 is 11.8 Å². The molecule has 1 nitrogen and oxygen atoms in total. The zero-order chi connectivity index (χ0) is 13.5. The summed E-state index contributed by atoms with van der Waals surface area (Å²) in [4.78, 5) is 0. The number of benzene rings is 1. The molecule has 0 saturated heterocycles. The highest BCUT2D eigenvalue weighted by molar-refractivity contribution is 7.99. The van der Waals surface area contributed by atoms with Gasteiger partial charge in [-0.2, -0.15) is 11.8 Å². The Hall–Kier alpha value is -0.470. The SMILES string of the molecule is CCCc1cccc(C(N)CSC2CCCCC2)c1. The molecule has 1 aliphatic carbocycles. The molecule has 106 valence electrons. The van der Waals surface area contributed by atoms with Gasteiger partial charge >= 0.3 is 0 Å². The standard InChI is InChI=1S/C17H27NS/c1-2-7-14-8-6-9-15(12-14)17(18)13-19-16-10-4-3-5-11-16/h6,8-9,12,16-17H,2-5,7,10-11,13,18H2,1H3. The molecule has 1 atom stereocenters. The minimum atomic E-state index is 0.198. The van der Waals surface area contributed by atoms with Crippen molar-refractivity contribution in [2.24, 2.45) is 5.73 Å². The van der Waals surface area contributed by atoms with Crippen molar-refractivity contribution >= 4 is 11.8 Å². The van der Waals surface area contributed by atoms with Crippen LogP contribution in [0.1, 0.15) is 62.6 Å². The summed E-state index contributed by atoms with van der Waals surface area (Å²) in [6.45, 7) is 2.23. The Morgan fingerprint density at radius 2 is 2.05 bits per heavy atom. The Kier molecular flexibility index (Phi) is 6.25. The molecule has 1 saturated carbocycles. The van der Waals surface area contributed by atoms with Crippen molar-refractivity contribution in [3.05, 3.63) is 35.4 Å². The van der Waals surface area contributed by atoms with Crippen molar-refractivity contribution in [3.63, 3.8) is 0 Å². The van der Waals surface area contributed by atoms with Crippen LogP contribution in [-0.4, -0.2) is 11.0 Å². The number of thioether (sulfide) groups is 1. The first-order valence-electron chi connectivity index (χ1n) is 7.75. The molecule has 0 bridgehead atoms. The van der Waals surface area contributed by atoms with Gasteiger partial charge in [0.2, 0.25) is 0 Å². The number of hydrogen-bond donors (Lipinski definition) is 1. The van der Waals surface area contributed by atoms with Crippen molar-refractivity contribution < 1.29 is 0 Å². The van der Waals surface area contributed by atoms with Gasteiger partial charge in [-0.15, -0.1) is 0 Å². The Labute approximate surface area is 122 Å². The van der Waals surface area contributed by atoms with E-state index in [-0.39, 0.29) is 6.04 Å². The summed E-state index contributed by atoms with van der Waals surface area (Å²) in [5, 5.41) is 0.860. The molecule has 0 radical (unpaired) electrons. The van der Waals surface area contributed by atoms with Crippen molar-refractivity contribution in [3.8, 4) is 0 Å². The molecule has 0 aliphatic heterocycles. The highest BCUT2D eigenvalue weighted by atomic mass is 32.2. The van der Waals surface area contributed by atoms with Crippen molar-refractivity contribution in [2.75, 3.05) is 5.75 Å². The highest BCUT2D eigenvalue weighted by Crippen LogP contribution is 2.30. The van der Waals surface area contributed by atoms with Crippen LogP contribution in [-0.2, 0) is 6.42 Å². The first-order chi connectivity index (χ1) is 9.29. The second-order valence-electron chi connectivity index (χ2n) is 5.69. The van der Waals surface area contributed by atoms with E-state index in [9.17, 15) is 0 Å². The van der Waals surface area contributed by atoms with Crippen LogP contribution in [0.5, 0.6) is 0 Å². The molecule has 0 aromatic heterocycles. The van der Waals surface area contributed by atoms with Crippen molar-refractivity contribution in [2.45, 2.75) is 63.2 Å². The summed E-state index contributed by atoms with van der Waals surface area (Å²) < 4.78 is 0. The third-order valence-corrected chi connectivity index (χ3v) is 5.48. The maximum Gasteiger partial charge on any atom is 0.0386 e. The van der Waals surface area contributed by atoms with E-state index in [1.54, 1.807) is 0 Å². The van der Waals surface area contributed by atoms with E-state index in [1.807, 2.05) is 0 Å². The molecule has 2 rings (SSSR count). The van der Waals surface area contributed by atoms with E-state index in [1.165, 1.54) is 49.7 Å². The fourth-order valence-corrected chi connectivity index (χ4v) is 4.17. The van der Waals surface area contributed by atoms with Gasteiger partial charge in [0, 0.05) is 17.0 Å². The summed E-state index contributed by atoms with van der Waals surface area (Å²) in [7, 11) is 0.